The molecule has 2 aromatic carbocycles. The molecule has 0 spiro atoms. The van der Waals surface area contributed by atoms with Gasteiger partial charge in [-0.15, -0.1) is 11.3 Å². The number of carboxylic acid groups (broad SMARTS) is 1. The lowest BCUT2D eigenvalue weighted by atomic mass is 9.93. The standard InChI is InChI=1S/C28H23ClF3N3O4S/c29-18-5-6-19(20(12-18)17-7-9-38-10-8-17)25(28(30,31)32)39-26-24-23(34-14-35-26)21(13-40-24)16-3-1-15(2-4-16)11-22(33)27(36)37/h1-7,12-14,22,25H,8-11,33H2,(H,36,37)/t22?,25-/m1/s1. The maximum atomic E-state index is 14.5. The number of carbonyl (C=O) groups is 1. The van der Waals surface area contributed by atoms with Gasteiger partial charge in [0.2, 0.25) is 12.0 Å². The Morgan fingerprint density at radius 3 is 2.62 bits per heavy atom. The van der Waals surface area contributed by atoms with Crippen molar-refractivity contribution < 1.29 is 32.5 Å². The molecule has 12 heteroatoms. The van der Waals surface area contributed by atoms with E-state index in [2.05, 4.69) is 9.97 Å². The molecule has 0 saturated heterocycles. The first-order valence-corrected chi connectivity index (χ1v) is 13.5. The van der Waals surface area contributed by atoms with Crippen LogP contribution in [0.25, 0.3) is 26.9 Å². The fourth-order valence-corrected chi connectivity index (χ4v) is 5.64. The first kappa shape index (κ1) is 28.0. The summed E-state index contributed by atoms with van der Waals surface area (Å²) in [6.07, 6.45) is -3.52. The molecule has 4 aromatic rings. The molecule has 1 unspecified atom stereocenters. The summed E-state index contributed by atoms with van der Waals surface area (Å²) in [5, 5.41) is 11.1. The minimum absolute atomic E-state index is 0.0660. The predicted molar refractivity (Wildman–Crippen MR) is 146 cm³/mol. The van der Waals surface area contributed by atoms with E-state index in [1.807, 2.05) is 0 Å². The van der Waals surface area contributed by atoms with Gasteiger partial charge in [0.15, 0.2) is 0 Å². The van der Waals surface area contributed by atoms with Crippen LogP contribution in [0.1, 0.15) is 29.2 Å². The number of hydrogen-bond acceptors (Lipinski definition) is 7. The zero-order valence-corrected chi connectivity index (χ0v) is 22.4. The topological polar surface area (TPSA) is 108 Å². The highest BCUT2D eigenvalue weighted by atomic mass is 35.5. The van der Waals surface area contributed by atoms with Crippen LogP contribution in [0.15, 0.2) is 60.2 Å². The number of alkyl halides is 3. The number of nitrogens with zero attached hydrogens (tertiary/aromatic N) is 2. The lowest BCUT2D eigenvalue weighted by Crippen LogP contribution is -2.32. The number of thiophene rings is 1. The number of rotatable bonds is 8. The number of nitrogens with two attached hydrogens (primary N) is 1. The molecule has 0 radical (unpaired) electrons. The Morgan fingerprint density at radius 1 is 1.18 bits per heavy atom. The molecule has 0 aliphatic carbocycles. The Morgan fingerprint density at radius 2 is 1.95 bits per heavy atom. The van der Waals surface area contributed by atoms with Crippen molar-refractivity contribution in [2.75, 3.05) is 13.2 Å². The Balaban J connectivity index is 1.50. The van der Waals surface area contributed by atoms with Crippen LogP contribution >= 0.6 is 22.9 Å². The van der Waals surface area contributed by atoms with Gasteiger partial charge in [0.05, 0.1) is 18.7 Å². The SMILES string of the molecule is NC(Cc1ccc(-c2csc3c(O[C@H](c4ccc(Cl)cc4C4=CCOCC4)C(F)(F)F)ncnc23)cc1)C(=O)O. The monoisotopic (exact) mass is 589 g/mol. The minimum atomic E-state index is -4.75. The zero-order valence-electron chi connectivity index (χ0n) is 20.8. The number of aromatic nitrogens is 2. The summed E-state index contributed by atoms with van der Waals surface area (Å²) in [5.74, 6) is -1.28. The van der Waals surface area contributed by atoms with Crippen molar-refractivity contribution in [1.82, 2.24) is 9.97 Å². The fourth-order valence-electron chi connectivity index (χ4n) is 4.50. The van der Waals surface area contributed by atoms with Crippen LogP contribution in [0, 0.1) is 0 Å². The van der Waals surface area contributed by atoms with Gasteiger partial charge in [0, 0.05) is 21.5 Å². The van der Waals surface area contributed by atoms with Gasteiger partial charge in [-0.1, -0.05) is 48.0 Å². The lowest BCUT2D eigenvalue weighted by molar-refractivity contribution is -0.198. The molecule has 0 saturated carbocycles. The largest absolute Gasteiger partial charge is 0.480 e. The van der Waals surface area contributed by atoms with E-state index >= 15 is 0 Å². The highest BCUT2D eigenvalue weighted by Gasteiger charge is 2.45. The van der Waals surface area contributed by atoms with Crippen molar-refractivity contribution in [3.8, 4) is 17.0 Å². The number of aliphatic carboxylic acids is 1. The molecular weight excluding hydrogens is 567 g/mol. The molecule has 2 aromatic heterocycles. The van der Waals surface area contributed by atoms with Crippen molar-refractivity contribution in [3.63, 3.8) is 0 Å². The number of fused-ring (bicyclic) bond motifs is 1. The number of halogens is 4. The van der Waals surface area contributed by atoms with Crippen LogP contribution < -0.4 is 10.5 Å². The molecule has 2 atom stereocenters. The maximum Gasteiger partial charge on any atom is 0.429 e. The quantitative estimate of drug-likeness (QED) is 0.243. The Bertz CT molecular complexity index is 1570. The van der Waals surface area contributed by atoms with Crippen molar-refractivity contribution in [2.24, 2.45) is 5.73 Å². The third-order valence-corrected chi connectivity index (χ3v) is 7.68. The van der Waals surface area contributed by atoms with Crippen LogP contribution in [0.2, 0.25) is 5.02 Å². The molecule has 0 amide bonds. The molecule has 40 heavy (non-hydrogen) atoms. The number of carboxylic acids is 1. The van der Waals surface area contributed by atoms with Crippen molar-refractivity contribution in [3.05, 3.63) is 82.0 Å². The van der Waals surface area contributed by atoms with Crippen molar-refractivity contribution in [2.45, 2.75) is 31.2 Å². The molecule has 3 N–H and O–H groups in total. The van der Waals surface area contributed by atoms with Gasteiger partial charge in [-0.3, -0.25) is 4.79 Å². The molecule has 0 bridgehead atoms. The van der Waals surface area contributed by atoms with E-state index < -0.39 is 24.3 Å². The Hall–Kier alpha value is -3.51. The number of ether oxygens (including phenoxy) is 2. The first-order valence-electron chi connectivity index (χ1n) is 12.2. The number of benzene rings is 2. The molecule has 208 valence electrons. The summed E-state index contributed by atoms with van der Waals surface area (Å²) in [6, 6.07) is 10.3. The van der Waals surface area contributed by atoms with E-state index in [9.17, 15) is 18.0 Å². The summed E-state index contributed by atoms with van der Waals surface area (Å²) in [6.45, 7) is 0.698. The van der Waals surface area contributed by atoms with Crippen molar-refractivity contribution >= 4 is 44.7 Å². The molecule has 1 aliphatic rings. The van der Waals surface area contributed by atoms with E-state index in [1.165, 1.54) is 35.9 Å². The van der Waals surface area contributed by atoms with Gasteiger partial charge in [-0.05, 0) is 47.2 Å². The predicted octanol–water partition coefficient (Wildman–Crippen LogP) is 6.45. The molecular formula is C28H23ClF3N3O4S. The van der Waals surface area contributed by atoms with E-state index in [0.29, 0.717) is 51.6 Å². The van der Waals surface area contributed by atoms with Crippen LogP contribution in [-0.2, 0) is 16.0 Å². The van der Waals surface area contributed by atoms with E-state index in [0.717, 1.165) is 11.1 Å². The highest BCUT2D eigenvalue weighted by molar-refractivity contribution is 7.18. The molecule has 3 heterocycles. The Kier molecular flexibility index (Phi) is 8.09. The van der Waals surface area contributed by atoms with Crippen molar-refractivity contribution in [1.29, 1.82) is 0 Å². The zero-order chi connectivity index (χ0) is 28.4. The van der Waals surface area contributed by atoms with Gasteiger partial charge < -0.3 is 20.3 Å². The summed E-state index contributed by atoms with van der Waals surface area (Å²) in [5.41, 5.74) is 9.24. The number of hydrogen-bond donors (Lipinski definition) is 2. The molecule has 0 fully saturated rings. The normalized spacial score (nSPS) is 15.5. The summed E-state index contributed by atoms with van der Waals surface area (Å²) < 4.78 is 54.8. The van der Waals surface area contributed by atoms with Gasteiger partial charge in [-0.25, -0.2) is 9.97 Å². The van der Waals surface area contributed by atoms with Gasteiger partial charge in [-0.2, -0.15) is 13.2 Å². The van der Waals surface area contributed by atoms with E-state index in [4.69, 9.17) is 31.9 Å². The highest BCUT2D eigenvalue weighted by Crippen LogP contribution is 2.44. The second kappa shape index (κ2) is 11.5. The minimum Gasteiger partial charge on any atom is -0.480 e. The first-order chi connectivity index (χ1) is 19.1. The van der Waals surface area contributed by atoms with E-state index in [1.54, 1.807) is 35.7 Å². The summed E-state index contributed by atoms with van der Waals surface area (Å²) >= 11 is 7.34. The van der Waals surface area contributed by atoms with Crippen LogP contribution in [0.4, 0.5) is 13.2 Å². The van der Waals surface area contributed by atoms with Crippen LogP contribution in [0.5, 0.6) is 5.88 Å². The van der Waals surface area contributed by atoms with Gasteiger partial charge in [0.25, 0.3) is 0 Å². The summed E-state index contributed by atoms with van der Waals surface area (Å²) in [4.78, 5) is 19.4. The molecule has 7 nitrogen and oxygen atoms in total. The van der Waals surface area contributed by atoms with E-state index in [-0.39, 0.29) is 17.9 Å². The van der Waals surface area contributed by atoms with Crippen LogP contribution in [0.3, 0.4) is 0 Å². The lowest BCUT2D eigenvalue weighted by Gasteiger charge is -2.25. The molecule has 1 aliphatic heterocycles. The maximum absolute atomic E-state index is 14.5. The third kappa shape index (κ3) is 5.97. The summed E-state index contributed by atoms with van der Waals surface area (Å²) in [7, 11) is 0. The van der Waals surface area contributed by atoms with Crippen LogP contribution in [-0.4, -0.2) is 46.5 Å². The average Bonchev–Trinajstić information content (AvgIpc) is 3.37. The smallest absolute Gasteiger partial charge is 0.429 e. The Labute approximate surface area is 236 Å². The second-order valence-corrected chi connectivity index (χ2v) is 10.5. The fraction of sp³-hybridized carbons (Fsp3) is 0.250. The average molecular weight is 590 g/mol. The van der Waals surface area contributed by atoms with Gasteiger partial charge >= 0.3 is 12.1 Å². The molecule has 5 rings (SSSR count). The third-order valence-electron chi connectivity index (χ3n) is 6.49. The second-order valence-electron chi connectivity index (χ2n) is 9.18. The van der Waals surface area contributed by atoms with Gasteiger partial charge in [0.1, 0.15) is 17.1 Å².